The van der Waals surface area contributed by atoms with Gasteiger partial charge in [0.05, 0.1) is 0 Å². The van der Waals surface area contributed by atoms with Crippen LogP contribution in [0.2, 0.25) is 0 Å². The second-order valence-electron chi connectivity index (χ2n) is 24.6. The van der Waals surface area contributed by atoms with E-state index in [1.807, 2.05) is 0 Å². The Kier molecular flexibility index (Phi) is 8.59. The van der Waals surface area contributed by atoms with Crippen molar-refractivity contribution in [2.45, 2.75) is 89.9 Å². The molecule has 5 aliphatic rings. The van der Waals surface area contributed by atoms with Gasteiger partial charge in [0.15, 0.2) is 0 Å². The van der Waals surface area contributed by atoms with Crippen LogP contribution in [0.5, 0.6) is 0 Å². The first-order chi connectivity index (χ1) is 36.7. The third-order valence-electron chi connectivity index (χ3n) is 19.3. The van der Waals surface area contributed by atoms with Gasteiger partial charge in [-0.1, -0.05) is 189 Å². The molecule has 10 aromatic carbocycles. The van der Waals surface area contributed by atoms with Gasteiger partial charge in [-0.15, -0.1) is 0 Å². The van der Waals surface area contributed by atoms with Crippen LogP contribution in [0.3, 0.4) is 0 Å². The summed E-state index contributed by atoms with van der Waals surface area (Å²) in [5, 5.41) is 2.41. The van der Waals surface area contributed by atoms with E-state index in [4.69, 9.17) is 4.42 Å². The van der Waals surface area contributed by atoms with Crippen molar-refractivity contribution in [3.63, 3.8) is 0 Å². The van der Waals surface area contributed by atoms with Crippen molar-refractivity contribution >= 4 is 39.0 Å². The van der Waals surface area contributed by atoms with E-state index in [0.29, 0.717) is 0 Å². The summed E-state index contributed by atoms with van der Waals surface area (Å²) < 4.78 is 7.01. The molecule has 0 aliphatic heterocycles. The van der Waals surface area contributed by atoms with Gasteiger partial charge in [-0.05, 0) is 184 Å². The molecule has 11 aromatic rings. The molecule has 0 radical (unpaired) electrons. The molecule has 5 aliphatic carbocycles. The molecule has 0 unspecified atom stereocenters. The van der Waals surface area contributed by atoms with Crippen molar-refractivity contribution < 1.29 is 4.42 Å². The lowest BCUT2D eigenvalue weighted by Crippen LogP contribution is -2.24. The Bertz CT molecular complexity index is 4400. The SMILES string of the molecule is CC1(C)c2ccccc2-c2ccc(-c3cc4c(c5c3CCc3ccccc3-5)-c3ccc(N(c5ccccc5)c5ccc6c(c5)C(C)(C)c5c7c(c8oc9ccccc9c8c5-6)-c5ccccc5C7(C)C)cc3C4(C)C)cc21. The topological polar surface area (TPSA) is 16.4 Å². The summed E-state index contributed by atoms with van der Waals surface area (Å²) in [6.07, 6.45) is 2.05. The van der Waals surface area contributed by atoms with E-state index in [2.05, 4.69) is 248 Å². The average Bonchev–Trinajstić information content (AvgIpc) is 4.35. The second-order valence-corrected chi connectivity index (χ2v) is 24.6. The number of fused-ring (bicyclic) bond motifs is 22. The van der Waals surface area contributed by atoms with Gasteiger partial charge in [0.2, 0.25) is 0 Å². The van der Waals surface area contributed by atoms with Crippen LogP contribution in [-0.2, 0) is 34.5 Å². The number of hydrogen-bond acceptors (Lipinski definition) is 2. The molecule has 76 heavy (non-hydrogen) atoms. The summed E-state index contributed by atoms with van der Waals surface area (Å²) in [6, 6.07) is 71.6. The largest absolute Gasteiger partial charge is 0.455 e. The van der Waals surface area contributed by atoms with Crippen LogP contribution >= 0.6 is 0 Å². The van der Waals surface area contributed by atoms with E-state index in [9.17, 15) is 0 Å². The highest BCUT2D eigenvalue weighted by molar-refractivity contribution is 6.21. The molecule has 0 N–H and O–H groups in total. The van der Waals surface area contributed by atoms with Gasteiger partial charge in [-0.2, -0.15) is 0 Å². The lowest BCUT2D eigenvalue weighted by Gasteiger charge is -2.32. The molecular formula is C74H59NO. The van der Waals surface area contributed by atoms with Crippen molar-refractivity contribution in [2.24, 2.45) is 0 Å². The molecule has 1 aromatic heterocycles. The smallest absolute Gasteiger partial charge is 0.144 e. The highest BCUT2D eigenvalue weighted by Gasteiger charge is 2.49. The zero-order valence-electron chi connectivity index (χ0n) is 44.7. The van der Waals surface area contributed by atoms with Crippen LogP contribution in [0.1, 0.15) is 111 Å². The molecule has 0 spiro atoms. The molecule has 0 amide bonds. The minimum atomic E-state index is -0.313. The number of benzene rings is 10. The maximum Gasteiger partial charge on any atom is 0.144 e. The first kappa shape index (κ1) is 44.1. The number of furan rings is 1. The Morgan fingerprint density at radius 3 is 1.66 bits per heavy atom. The fraction of sp³-hybridized carbons (Fsp3) is 0.189. The van der Waals surface area contributed by atoms with E-state index >= 15 is 0 Å². The van der Waals surface area contributed by atoms with Crippen molar-refractivity contribution in [2.75, 3.05) is 4.90 Å². The minimum Gasteiger partial charge on any atom is -0.455 e. The highest BCUT2D eigenvalue weighted by atomic mass is 16.3. The number of nitrogens with zero attached hydrogens (tertiary/aromatic N) is 1. The van der Waals surface area contributed by atoms with Gasteiger partial charge < -0.3 is 9.32 Å². The van der Waals surface area contributed by atoms with E-state index in [-0.39, 0.29) is 21.7 Å². The van der Waals surface area contributed by atoms with Crippen LogP contribution in [-0.4, -0.2) is 0 Å². The first-order valence-corrected chi connectivity index (χ1v) is 27.5. The monoisotopic (exact) mass is 977 g/mol. The summed E-state index contributed by atoms with van der Waals surface area (Å²) in [7, 11) is 0. The predicted octanol–water partition coefficient (Wildman–Crippen LogP) is 19.7. The highest BCUT2D eigenvalue weighted by Crippen LogP contribution is 2.64. The Morgan fingerprint density at radius 1 is 0.355 bits per heavy atom. The number of aryl methyl sites for hydroxylation is 1. The summed E-state index contributed by atoms with van der Waals surface area (Å²) in [5.41, 5.74) is 34.8. The van der Waals surface area contributed by atoms with E-state index < -0.39 is 0 Å². The molecule has 2 nitrogen and oxygen atoms in total. The molecule has 0 fully saturated rings. The lowest BCUT2D eigenvalue weighted by molar-refractivity contribution is 0.600. The van der Waals surface area contributed by atoms with E-state index in [0.717, 1.165) is 41.1 Å². The molecule has 2 heteroatoms. The quantitative estimate of drug-likeness (QED) is 0.175. The van der Waals surface area contributed by atoms with Gasteiger partial charge in [-0.3, -0.25) is 0 Å². The van der Waals surface area contributed by atoms with Crippen molar-refractivity contribution in [1.29, 1.82) is 0 Å². The fourth-order valence-corrected chi connectivity index (χ4v) is 15.7. The van der Waals surface area contributed by atoms with Crippen LogP contribution in [0.25, 0.3) is 88.7 Å². The maximum absolute atomic E-state index is 7.01. The summed E-state index contributed by atoms with van der Waals surface area (Å²) in [6.45, 7) is 19.5. The van der Waals surface area contributed by atoms with Crippen LogP contribution in [0, 0.1) is 0 Å². The predicted molar refractivity (Wildman–Crippen MR) is 317 cm³/mol. The maximum atomic E-state index is 7.01. The van der Waals surface area contributed by atoms with Crippen LogP contribution < -0.4 is 4.90 Å². The minimum absolute atomic E-state index is 0.0782. The number of para-hydroxylation sites is 2. The Labute approximate surface area is 446 Å². The zero-order valence-corrected chi connectivity index (χ0v) is 44.7. The first-order valence-electron chi connectivity index (χ1n) is 27.5. The van der Waals surface area contributed by atoms with Gasteiger partial charge in [0.25, 0.3) is 0 Å². The van der Waals surface area contributed by atoms with Gasteiger partial charge >= 0.3 is 0 Å². The molecule has 0 saturated carbocycles. The van der Waals surface area contributed by atoms with Crippen molar-refractivity contribution in [3.8, 4) is 66.8 Å². The second kappa shape index (κ2) is 14.8. The number of anilines is 3. The molecule has 0 bridgehead atoms. The standard InChI is InChI=1S/C74H59NO/c1-71(2)56-27-17-14-24-48(56)49-34-31-43(38-58(49)71)55-41-61-64(63-47-23-13-12-20-42(47)30-35-50(55)63)52-36-32-45(39-59(52)72(61,3)4)75(44-21-10-9-11-22-44)46-33-37-53-60(40-46)74(7,8)68-65(53)66-54-26-16-19-29-62(54)76-70(66)67-51-25-15-18-28-57(51)73(5,6)69(67)68/h9-29,31-34,36-41H,30,35H2,1-8H3. The molecular weight excluding hydrogens is 919 g/mol. The number of rotatable bonds is 4. The Hall–Kier alpha value is -8.20. The van der Waals surface area contributed by atoms with Crippen LogP contribution in [0.15, 0.2) is 192 Å². The lowest BCUT2D eigenvalue weighted by atomic mass is 9.72. The number of hydrogen-bond donors (Lipinski definition) is 0. The molecule has 0 saturated heterocycles. The van der Waals surface area contributed by atoms with Crippen molar-refractivity contribution in [3.05, 3.63) is 244 Å². The van der Waals surface area contributed by atoms with E-state index in [1.54, 1.807) is 0 Å². The molecule has 1 heterocycles. The van der Waals surface area contributed by atoms with Gasteiger partial charge in [0, 0.05) is 55.1 Å². The molecule has 366 valence electrons. The average molecular weight is 978 g/mol. The van der Waals surface area contributed by atoms with Crippen molar-refractivity contribution in [1.82, 2.24) is 0 Å². The third-order valence-corrected chi connectivity index (χ3v) is 19.3. The van der Waals surface area contributed by atoms with Crippen LogP contribution in [0.4, 0.5) is 17.1 Å². The normalized spacial score (nSPS) is 16.5. The van der Waals surface area contributed by atoms with Gasteiger partial charge in [0.1, 0.15) is 11.2 Å². The third kappa shape index (κ3) is 5.52. The summed E-state index contributed by atoms with van der Waals surface area (Å²) in [4.78, 5) is 2.51. The molecule has 0 atom stereocenters. The zero-order chi connectivity index (χ0) is 51.4. The Balaban J connectivity index is 0.878. The summed E-state index contributed by atoms with van der Waals surface area (Å²) >= 11 is 0. The summed E-state index contributed by atoms with van der Waals surface area (Å²) in [5.74, 6) is 0. The van der Waals surface area contributed by atoms with E-state index in [1.165, 1.54) is 133 Å². The molecule has 16 rings (SSSR count). The Morgan fingerprint density at radius 2 is 0.895 bits per heavy atom. The van der Waals surface area contributed by atoms with Gasteiger partial charge in [-0.25, -0.2) is 0 Å². The fourth-order valence-electron chi connectivity index (χ4n) is 15.7.